The molecule has 0 amide bonds. The van der Waals surface area contributed by atoms with Crippen molar-refractivity contribution in [3.8, 4) is 0 Å². The third-order valence-corrected chi connectivity index (χ3v) is 1.93. The van der Waals surface area contributed by atoms with Gasteiger partial charge in [-0.2, -0.15) is 0 Å². The van der Waals surface area contributed by atoms with Crippen molar-refractivity contribution in [3.05, 3.63) is 29.8 Å². The van der Waals surface area contributed by atoms with Crippen molar-refractivity contribution in [1.82, 2.24) is 0 Å². The quantitative estimate of drug-likeness (QED) is 0.486. The maximum atomic E-state index is 4.38. The molecule has 0 aliphatic carbocycles. The van der Waals surface area contributed by atoms with Gasteiger partial charge in [0.2, 0.25) is 0 Å². The Labute approximate surface area is 80.5 Å². The summed E-state index contributed by atoms with van der Waals surface area (Å²) < 4.78 is 0. The number of nitrogens with zero attached hydrogens (tertiary/aromatic N) is 1. The summed E-state index contributed by atoms with van der Waals surface area (Å²) >= 11 is 0. The normalized spacial score (nSPS) is 10.9. The maximum absolute atomic E-state index is 4.38. The number of hydrogen-bond acceptors (Lipinski definition) is 1. The first-order valence-electron chi connectivity index (χ1n) is 4.92. The minimum atomic E-state index is 1.07. The third-order valence-electron chi connectivity index (χ3n) is 1.93. The number of hydrogen-bond donors (Lipinski definition) is 0. The lowest BCUT2D eigenvalue weighted by atomic mass is 10.2. The molecule has 0 heterocycles. The summed E-state index contributed by atoms with van der Waals surface area (Å²) in [6.45, 7) is 4.28. The molecule has 0 saturated carbocycles. The number of aryl methyl sites for hydroxylation is 1. The zero-order valence-electron chi connectivity index (χ0n) is 8.46. The Bertz CT molecular complexity index is 276. The van der Waals surface area contributed by atoms with Crippen LogP contribution in [0, 0.1) is 6.92 Å². The molecule has 0 aliphatic rings. The molecule has 1 heteroatoms. The van der Waals surface area contributed by atoms with Gasteiger partial charge in [-0.25, -0.2) is 0 Å². The van der Waals surface area contributed by atoms with E-state index < -0.39 is 0 Å². The lowest BCUT2D eigenvalue weighted by Gasteiger charge is -1.94. The van der Waals surface area contributed by atoms with E-state index in [4.69, 9.17) is 0 Å². The van der Waals surface area contributed by atoms with Gasteiger partial charge in [0.05, 0.1) is 5.69 Å². The molecule has 1 nitrogen and oxygen atoms in total. The molecule has 1 aromatic rings. The molecule has 0 unspecified atom stereocenters. The van der Waals surface area contributed by atoms with Gasteiger partial charge in [-0.1, -0.05) is 25.5 Å². The molecule has 1 rings (SSSR count). The predicted molar refractivity (Wildman–Crippen MR) is 58.9 cm³/mol. The van der Waals surface area contributed by atoms with Gasteiger partial charge >= 0.3 is 0 Å². The molecule has 70 valence electrons. The van der Waals surface area contributed by atoms with Crippen molar-refractivity contribution in [2.75, 3.05) is 0 Å². The third kappa shape index (κ3) is 3.88. The molecule has 13 heavy (non-hydrogen) atoms. The van der Waals surface area contributed by atoms with Crippen LogP contribution in [0.15, 0.2) is 29.3 Å². The summed E-state index contributed by atoms with van der Waals surface area (Å²) in [6, 6.07) is 8.27. The van der Waals surface area contributed by atoms with Crippen LogP contribution in [-0.4, -0.2) is 6.21 Å². The van der Waals surface area contributed by atoms with Crippen molar-refractivity contribution in [3.63, 3.8) is 0 Å². The van der Waals surface area contributed by atoms with Gasteiger partial charge in [-0.05, 0) is 37.5 Å². The second-order valence-electron chi connectivity index (χ2n) is 3.29. The summed E-state index contributed by atoms with van der Waals surface area (Å²) in [6.07, 6.45) is 5.57. The van der Waals surface area contributed by atoms with Gasteiger partial charge in [-0.15, -0.1) is 0 Å². The van der Waals surface area contributed by atoms with E-state index in [2.05, 4.69) is 31.0 Å². The second kappa shape index (κ2) is 5.52. The van der Waals surface area contributed by atoms with Crippen LogP contribution in [0.1, 0.15) is 31.7 Å². The van der Waals surface area contributed by atoms with E-state index in [-0.39, 0.29) is 0 Å². The van der Waals surface area contributed by atoms with Crippen molar-refractivity contribution in [2.24, 2.45) is 4.99 Å². The maximum Gasteiger partial charge on any atom is 0.0628 e. The van der Waals surface area contributed by atoms with E-state index >= 15 is 0 Å². The molecule has 0 aliphatic heterocycles. The molecular formula is C12H17N. The SMILES string of the molecule is CCCCC=Nc1cccc(C)c1. The van der Waals surface area contributed by atoms with Gasteiger partial charge < -0.3 is 0 Å². The zero-order chi connectivity index (χ0) is 9.52. The number of aliphatic imine (C=N–C) groups is 1. The smallest absolute Gasteiger partial charge is 0.0628 e. The molecular weight excluding hydrogens is 158 g/mol. The Morgan fingerprint density at radius 1 is 1.38 bits per heavy atom. The monoisotopic (exact) mass is 175 g/mol. The second-order valence-corrected chi connectivity index (χ2v) is 3.29. The van der Waals surface area contributed by atoms with Crippen molar-refractivity contribution in [2.45, 2.75) is 33.1 Å². The first-order chi connectivity index (χ1) is 6.33. The van der Waals surface area contributed by atoms with Crippen LogP contribution < -0.4 is 0 Å². The molecule has 0 fully saturated rings. The van der Waals surface area contributed by atoms with Gasteiger partial charge in [0, 0.05) is 6.21 Å². The van der Waals surface area contributed by atoms with Gasteiger partial charge in [0.25, 0.3) is 0 Å². The standard InChI is InChI=1S/C12H17N/c1-3-4-5-9-13-12-8-6-7-11(2)10-12/h6-10H,3-5H2,1-2H3. The highest BCUT2D eigenvalue weighted by Crippen LogP contribution is 2.12. The fourth-order valence-electron chi connectivity index (χ4n) is 1.17. The highest BCUT2D eigenvalue weighted by Gasteiger charge is 1.87. The summed E-state index contributed by atoms with van der Waals surface area (Å²) in [7, 11) is 0. The number of benzene rings is 1. The van der Waals surface area contributed by atoms with E-state index in [1.165, 1.54) is 18.4 Å². The topological polar surface area (TPSA) is 12.4 Å². The summed E-state index contributed by atoms with van der Waals surface area (Å²) in [5.41, 5.74) is 2.33. The zero-order valence-corrected chi connectivity index (χ0v) is 8.46. The number of rotatable bonds is 4. The average molecular weight is 175 g/mol. The first-order valence-corrected chi connectivity index (χ1v) is 4.92. The van der Waals surface area contributed by atoms with Gasteiger partial charge in [-0.3, -0.25) is 4.99 Å². The highest BCUT2D eigenvalue weighted by atomic mass is 14.7. The van der Waals surface area contributed by atoms with Crippen LogP contribution in [0.4, 0.5) is 5.69 Å². The van der Waals surface area contributed by atoms with Crippen LogP contribution in [0.3, 0.4) is 0 Å². The lowest BCUT2D eigenvalue weighted by Crippen LogP contribution is -1.75. The van der Waals surface area contributed by atoms with Crippen LogP contribution in [-0.2, 0) is 0 Å². The molecule has 0 N–H and O–H groups in total. The molecule has 0 aromatic heterocycles. The Balaban J connectivity index is 2.48. The minimum absolute atomic E-state index is 1.07. The lowest BCUT2D eigenvalue weighted by molar-refractivity contribution is 0.842. The van der Waals surface area contributed by atoms with Crippen LogP contribution in [0.5, 0.6) is 0 Å². The van der Waals surface area contributed by atoms with Crippen LogP contribution in [0.2, 0.25) is 0 Å². The van der Waals surface area contributed by atoms with Gasteiger partial charge in [0.15, 0.2) is 0 Å². The molecule has 0 radical (unpaired) electrons. The molecule has 0 saturated heterocycles. The Hall–Kier alpha value is -1.11. The molecule has 1 aromatic carbocycles. The van der Waals surface area contributed by atoms with Crippen LogP contribution in [0.25, 0.3) is 0 Å². The first kappa shape index (κ1) is 9.97. The molecule has 0 spiro atoms. The number of unbranched alkanes of at least 4 members (excludes halogenated alkanes) is 2. The molecule has 0 bridgehead atoms. The Morgan fingerprint density at radius 2 is 2.23 bits per heavy atom. The predicted octanol–water partition coefficient (Wildman–Crippen LogP) is 3.89. The summed E-state index contributed by atoms with van der Waals surface area (Å²) in [4.78, 5) is 4.38. The fraction of sp³-hybridized carbons (Fsp3) is 0.417. The minimum Gasteiger partial charge on any atom is -0.261 e. The van der Waals surface area contributed by atoms with Crippen molar-refractivity contribution in [1.29, 1.82) is 0 Å². The van der Waals surface area contributed by atoms with E-state index in [0.29, 0.717) is 0 Å². The summed E-state index contributed by atoms with van der Waals surface area (Å²) in [5, 5.41) is 0. The van der Waals surface area contributed by atoms with Gasteiger partial charge in [0.1, 0.15) is 0 Å². The average Bonchev–Trinajstić information content (AvgIpc) is 2.13. The Morgan fingerprint density at radius 3 is 2.92 bits per heavy atom. The fourth-order valence-corrected chi connectivity index (χ4v) is 1.17. The largest absolute Gasteiger partial charge is 0.261 e. The van der Waals surface area contributed by atoms with Crippen LogP contribution >= 0.6 is 0 Å². The summed E-state index contributed by atoms with van der Waals surface area (Å²) in [5.74, 6) is 0. The van der Waals surface area contributed by atoms with Crippen molar-refractivity contribution < 1.29 is 0 Å². The van der Waals surface area contributed by atoms with E-state index in [1.54, 1.807) is 0 Å². The highest BCUT2D eigenvalue weighted by molar-refractivity contribution is 5.63. The van der Waals surface area contributed by atoms with E-state index in [0.717, 1.165) is 12.1 Å². The van der Waals surface area contributed by atoms with E-state index in [1.807, 2.05) is 18.3 Å². The molecule has 0 atom stereocenters. The van der Waals surface area contributed by atoms with Crippen molar-refractivity contribution >= 4 is 11.9 Å². The van der Waals surface area contributed by atoms with E-state index in [9.17, 15) is 0 Å². The Kier molecular flexibility index (Phi) is 4.24.